The van der Waals surface area contributed by atoms with Crippen LogP contribution in [-0.2, 0) is 20.8 Å². The lowest BCUT2D eigenvalue weighted by atomic mass is 10.1. The lowest BCUT2D eigenvalue weighted by Crippen LogP contribution is -2.25. The third kappa shape index (κ3) is 4.55. The van der Waals surface area contributed by atoms with Crippen LogP contribution in [-0.4, -0.2) is 25.8 Å². The molecule has 1 amide bonds. The van der Waals surface area contributed by atoms with Gasteiger partial charge in [-0.15, -0.1) is 0 Å². The molecule has 1 rings (SSSR count). The molecule has 0 spiro atoms. The van der Waals surface area contributed by atoms with Crippen molar-refractivity contribution in [3.8, 4) is 6.07 Å². The lowest BCUT2D eigenvalue weighted by Gasteiger charge is -2.13. The van der Waals surface area contributed by atoms with Crippen LogP contribution in [0.2, 0.25) is 0 Å². The van der Waals surface area contributed by atoms with Gasteiger partial charge in [0.25, 0.3) is 0 Å². The van der Waals surface area contributed by atoms with Crippen molar-refractivity contribution in [1.82, 2.24) is 0 Å². The first kappa shape index (κ1) is 16.0. The standard InChI is InChI=1S/C11H9F3N2O3S/c12-11(13,14)8-3-1-2-4-9(8)16-10(17)7-20(18,19)6-5-15/h1-4H,6-7H2,(H,16,17). The molecule has 0 radical (unpaired) electrons. The van der Waals surface area contributed by atoms with Crippen molar-refractivity contribution in [2.75, 3.05) is 16.8 Å². The van der Waals surface area contributed by atoms with Gasteiger partial charge in [0.05, 0.1) is 17.3 Å². The van der Waals surface area contributed by atoms with Gasteiger partial charge < -0.3 is 5.32 Å². The van der Waals surface area contributed by atoms with Crippen molar-refractivity contribution < 1.29 is 26.4 Å². The Kier molecular flexibility index (Phi) is 4.73. The Morgan fingerprint density at radius 2 is 1.90 bits per heavy atom. The fraction of sp³-hybridized carbons (Fsp3) is 0.273. The summed E-state index contributed by atoms with van der Waals surface area (Å²) < 4.78 is 60.3. The summed E-state index contributed by atoms with van der Waals surface area (Å²) in [5, 5.41) is 10.1. The van der Waals surface area contributed by atoms with Crippen LogP contribution >= 0.6 is 0 Å². The van der Waals surface area contributed by atoms with Gasteiger partial charge in [-0.1, -0.05) is 12.1 Å². The van der Waals surface area contributed by atoms with Crippen molar-refractivity contribution in [1.29, 1.82) is 5.26 Å². The van der Waals surface area contributed by atoms with Gasteiger partial charge in [0, 0.05) is 0 Å². The highest BCUT2D eigenvalue weighted by Crippen LogP contribution is 2.34. The molecule has 1 N–H and O–H groups in total. The van der Waals surface area contributed by atoms with E-state index in [1.807, 2.05) is 5.32 Å². The fourth-order valence-corrected chi connectivity index (χ4v) is 2.15. The maximum absolute atomic E-state index is 12.6. The Labute approximate surface area is 112 Å². The lowest BCUT2D eigenvalue weighted by molar-refractivity contribution is -0.137. The number of alkyl halides is 3. The Morgan fingerprint density at radius 3 is 2.45 bits per heavy atom. The molecule has 0 aromatic heterocycles. The molecule has 0 saturated carbocycles. The number of rotatable bonds is 4. The number of amides is 1. The van der Waals surface area contributed by atoms with Crippen LogP contribution in [0.25, 0.3) is 0 Å². The average molecular weight is 306 g/mol. The molecule has 0 aliphatic heterocycles. The van der Waals surface area contributed by atoms with E-state index in [9.17, 15) is 26.4 Å². The number of nitriles is 1. The summed E-state index contributed by atoms with van der Waals surface area (Å²) in [6, 6.07) is 5.56. The van der Waals surface area contributed by atoms with Gasteiger partial charge >= 0.3 is 6.18 Å². The van der Waals surface area contributed by atoms with Gasteiger partial charge in [-0.05, 0) is 12.1 Å². The molecule has 5 nitrogen and oxygen atoms in total. The van der Waals surface area contributed by atoms with Crippen LogP contribution in [0.1, 0.15) is 5.56 Å². The number of carbonyl (C=O) groups is 1. The minimum Gasteiger partial charge on any atom is -0.325 e. The number of para-hydroxylation sites is 1. The van der Waals surface area contributed by atoms with E-state index in [-0.39, 0.29) is 0 Å². The number of hydrogen-bond donors (Lipinski definition) is 1. The number of anilines is 1. The van der Waals surface area contributed by atoms with Crippen LogP contribution in [0.5, 0.6) is 0 Å². The number of hydrogen-bond acceptors (Lipinski definition) is 4. The number of benzene rings is 1. The molecule has 0 saturated heterocycles. The molecule has 0 heterocycles. The van der Waals surface area contributed by atoms with Gasteiger partial charge in [-0.25, -0.2) is 8.42 Å². The van der Waals surface area contributed by atoms with E-state index in [0.29, 0.717) is 0 Å². The normalized spacial score (nSPS) is 11.7. The number of sulfone groups is 1. The molecule has 0 aliphatic carbocycles. The second-order valence-corrected chi connectivity index (χ2v) is 5.85. The molecular weight excluding hydrogens is 297 g/mol. The summed E-state index contributed by atoms with van der Waals surface area (Å²) in [7, 11) is -3.95. The fourth-order valence-electron chi connectivity index (χ4n) is 1.37. The number of carbonyl (C=O) groups excluding carboxylic acids is 1. The van der Waals surface area contributed by atoms with E-state index in [4.69, 9.17) is 5.26 Å². The van der Waals surface area contributed by atoms with E-state index < -0.39 is 44.7 Å². The molecule has 0 fully saturated rings. The average Bonchev–Trinajstić information content (AvgIpc) is 2.26. The molecular formula is C11H9F3N2O3S. The van der Waals surface area contributed by atoms with Crippen molar-refractivity contribution >= 4 is 21.4 Å². The maximum atomic E-state index is 12.6. The highest BCUT2D eigenvalue weighted by atomic mass is 32.2. The highest BCUT2D eigenvalue weighted by Gasteiger charge is 2.33. The van der Waals surface area contributed by atoms with Crippen LogP contribution in [0.3, 0.4) is 0 Å². The van der Waals surface area contributed by atoms with Gasteiger partial charge in [-0.3, -0.25) is 4.79 Å². The van der Waals surface area contributed by atoms with Crippen molar-refractivity contribution in [2.24, 2.45) is 0 Å². The third-order valence-corrected chi connectivity index (χ3v) is 3.41. The van der Waals surface area contributed by atoms with Gasteiger partial charge in [0.1, 0.15) is 11.5 Å². The molecule has 0 unspecified atom stereocenters. The molecule has 108 valence electrons. The molecule has 20 heavy (non-hydrogen) atoms. The number of halogens is 3. The van der Waals surface area contributed by atoms with Gasteiger partial charge in [-0.2, -0.15) is 18.4 Å². The largest absolute Gasteiger partial charge is 0.418 e. The van der Waals surface area contributed by atoms with E-state index in [2.05, 4.69) is 0 Å². The predicted octanol–water partition coefficient (Wildman–Crippen LogP) is 1.58. The zero-order valence-electron chi connectivity index (χ0n) is 9.94. The molecule has 0 bridgehead atoms. The summed E-state index contributed by atoms with van der Waals surface area (Å²) in [4.78, 5) is 11.4. The van der Waals surface area contributed by atoms with Gasteiger partial charge in [0.2, 0.25) is 5.91 Å². The second kappa shape index (κ2) is 5.92. The van der Waals surface area contributed by atoms with Crippen molar-refractivity contribution in [3.05, 3.63) is 29.8 Å². The number of nitrogens with one attached hydrogen (secondary N) is 1. The molecule has 1 aromatic carbocycles. The van der Waals surface area contributed by atoms with Crippen molar-refractivity contribution in [2.45, 2.75) is 6.18 Å². The smallest absolute Gasteiger partial charge is 0.325 e. The minimum absolute atomic E-state index is 0.530. The highest BCUT2D eigenvalue weighted by molar-refractivity contribution is 7.92. The van der Waals surface area contributed by atoms with E-state index in [1.54, 1.807) is 0 Å². The second-order valence-electron chi connectivity index (χ2n) is 3.78. The number of nitrogens with zero attached hydrogens (tertiary/aromatic N) is 1. The molecule has 9 heteroatoms. The van der Waals surface area contributed by atoms with Crippen LogP contribution in [0.4, 0.5) is 18.9 Å². The summed E-state index contributed by atoms with van der Waals surface area (Å²) in [5.41, 5.74) is -1.61. The summed E-state index contributed by atoms with van der Waals surface area (Å²) in [6.45, 7) is 0. The topological polar surface area (TPSA) is 87.0 Å². The first-order valence-corrected chi connectivity index (χ1v) is 7.01. The van der Waals surface area contributed by atoms with Crippen LogP contribution in [0, 0.1) is 11.3 Å². The predicted molar refractivity (Wildman–Crippen MR) is 64.3 cm³/mol. The summed E-state index contributed by atoms with van der Waals surface area (Å²) in [5.74, 6) is -3.05. The van der Waals surface area contributed by atoms with Gasteiger partial charge in [0.15, 0.2) is 9.84 Å². The van der Waals surface area contributed by atoms with E-state index in [0.717, 1.165) is 18.2 Å². The molecule has 1 aromatic rings. The molecule has 0 atom stereocenters. The summed E-state index contributed by atoms with van der Waals surface area (Å²) in [6.07, 6.45) is -4.67. The minimum atomic E-state index is -4.67. The quantitative estimate of drug-likeness (QED) is 0.915. The monoisotopic (exact) mass is 306 g/mol. The first-order valence-electron chi connectivity index (χ1n) is 5.19. The maximum Gasteiger partial charge on any atom is 0.418 e. The zero-order chi connectivity index (χ0) is 15.4. The van der Waals surface area contributed by atoms with Crippen LogP contribution < -0.4 is 5.32 Å². The zero-order valence-corrected chi connectivity index (χ0v) is 10.8. The van der Waals surface area contributed by atoms with Crippen molar-refractivity contribution in [3.63, 3.8) is 0 Å². The van der Waals surface area contributed by atoms with E-state index >= 15 is 0 Å². The first-order chi connectivity index (χ1) is 9.15. The van der Waals surface area contributed by atoms with E-state index in [1.165, 1.54) is 12.1 Å². The molecule has 0 aliphatic rings. The Hall–Kier alpha value is -2.08. The Balaban J connectivity index is 2.91. The Bertz CT molecular complexity index is 648. The third-order valence-electron chi connectivity index (χ3n) is 2.14. The summed E-state index contributed by atoms with van der Waals surface area (Å²) >= 11 is 0. The van der Waals surface area contributed by atoms with Crippen LogP contribution in [0.15, 0.2) is 24.3 Å². The Morgan fingerprint density at radius 1 is 1.30 bits per heavy atom. The SMILES string of the molecule is N#CCS(=O)(=O)CC(=O)Nc1ccccc1C(F)(F)F.